The van der Waals surface area contributed by atoms with Crippen molar-refractivity contribution in [2.45, 2.75) is 0 Å². The Bertz CT molecular complexity index is 408. The third-order valence-corrected chi connectivity index (χ3v) is 2.57. The smallest absolute Gasteiger partial charge is 0.151 e. The zero-order valence-corrected chi connectivity index (χ0v) is 7.62. The van der Waals surface area contributed by atoms with Crippen molar-refractivity contribution in [3.8, 4) is 11.1 Å². The monoisotopic (exact) mass is 189 g/mol. The summed E-state index contributed by atoms with van der Waals surface area (Å²) < 4.78 is 0. The number of carbonyl (C=O) groups is 1. The number of hydrogen-bond acceptors (Lipinski definition) is 3. The van der Waals surface area contributed by atoms with Crippen LogP contribution in [0.5, 0.6) is 0 Å². The molecule has 0 radical (unpaired) electrons. The van der Waals surface area contributed by atoms with E-state index in [0.717, 1.165) is 23.0 Å². The molecule has 0 aliphatic heterocycles. The number of nitrogens with zero attached hydrogens (tertiary/aromatic N) is 1. The van der Waals surface area contributed by atoms with Crippen LogP contribution in [-0.2, 0) is 0 Å². The first-order chi connectivity index (χ1) is 6.42. The van der Waals surface area contributed by atoms with Crippen molar-refractivity contribution in [1.29, 1.82) is 0 Å². The Morgan fingerprint density at radius 3 is 2.69 bits per heavy atom. The molecule has 0 aliphatic carbocycles. The zero-order valence-electron chi connectivity index (χ0n) is 6.81. The van der Waals surface area contributed by atoms with E-state index in [4.69, 9.17) is 0 Å². The molecule has 0 atom stereocenters. The highest BCUT2D eigenvalue weighted by atomic mass is 32.1. The molecule has 0 unspecified atom stereocenters. The van der Waals surface area contributed by atoms with Crippen LogP contribution in [0.3, 0.4) is 0 Å². The van der Waals surface area contributed by atoms with Crippen LogP contribution in [0.2, 0.25) is 0 Å². The summed E-state index contributed by atoms with van der Waals surface area (Å²) in [4.78, 5) is 14.6. The Balaban J connectivity index is 2.52. The van der Waals surface area contributed by atoms with Crippen LogP contribution < -0.4 is 0 Å². The second-order valence-electron chi connectivity index (χ2n) is 2.59. The van der Waals surface area contributed by atoms with Crippen LogP contribution in [0, 0.1) is 0 Å². The van der Waals surface area contributed by atoms with Crippen molar-refractivity contribution >= 4 is 17.6 Å². The first-order valence-corrected chi connectivity index (χ1v) is 4.78. The number of pyridine rings is 1. The van der Waals surface area contributed by atoms with Gasteiger partial charge in [-0.1, -0.05) is 0 Å². The van der Waals surface area contributed by atoms with E-state index >= 15 is 0 Å². The molecule has 13 heavy (non-hydrogen) atoms. The van der Waals surface area contributed by atoms with Gasteiger partial charge in [-0.15, -0.1) is 0 Å². The van der Waals surface area contributed by atoms with Crippen LogP contribution in [0.15, 0.2) is 35.3 Å². The van der Waals surface area contributed by atoms with Gasteiger partial charge in [0.15, 0.2) is 6.29 Å². The SMILES string of the molecule is O=Cc1cscc1-c1ccncc1. The standard InChI is InChI=1S/C10H7NOS/c12-5-9-6-13-7-10(9)8-1-3-11-4-2-8/h1-7H. The molecule has 0 spiro atoms. The molecule has 0 N–H and O–H groups in total. The minimum atomic E-state index is 0.746. The van der Waals surface area contributed by atoms with E-state index < -0.39 is 0 Å². The first-order valence-electron chi connectivity index (χ1n) is 3.83. The van der Waals surface area contributed by atoms with Gasteiger partial charge < -0.3 is 0 Å². The minimum Gasteiger partial charge on any atom is -0.298 e. The Labute approximate surface area is 79.9 Å². The Kier molecular flexibility index (Phi) is 2.19. The molecule has 2 heterocycles. The highest BCUT2D eigenvalue weighted by Crippen LogP contribution is 2.25. The lowest BCUT2D eigenvalue weighted by atomic mass is 10.1. The molecule has 0 saturated heterocycles. The van der Waals surface area contributed by atoms with E-state index in [1.54, 1.807) is 12.4 Å². The van der Waals surface area contributed by atoms with Gasteiger partial charge in [0.25, 0.3) is 0 Å². The van der Waals surface area contributed by atoms with Crippen molar-refractivity contribution in [1.82, 2.24) is 4.98 Å². The second kappa shape index (κ2) is 3.49. The van der Waals surface area contributed by atoms with Gasteiger partial charge in [-0.25, -0.2) is 0 Å². The fraction of sp³-hybridized carbons (Fsp3) is 0. The Morgan fingerprint density at radius 2 is 2.00 bits per heavy atom. The Hall–Kier alpha value is -1.48. The van der Waals surface area contributed by atoms with Gasteiger partial charge in [0, 0.05) is 28.9 Å². The molecular weight excluding hydrogens is 182 g/mol. The van der Waals surface area contributed by atoms with E-state index in [2.05, 4.69) is 4.98 Å². The topological polar surface area (TPSA) is 30.0 Å². The number of carbonyl (C=O) groups excluding carboxylic acids is 1. The van der Waals surface area contributed by atoms with Gasteiger partial charge in [0.1, 0.15) is 0 Å². The van der Waals surface area contributed by atoms with Crippen molar-refractivity contribution < 1.29 is 4.79 Å². The van der Waals surface area contributed by atoms with Gasteiger partial charge in [0.2, 0.25) is 0 Å². The van der Waals surface area contributed by atoms with Gasteiger partial charge in [-0.05, 0) is 23.1 Å². The molecule has 2 nitrogen and oxygen atoms in total. The van der Waals surface area contributed by atoms with Crippen LogP contribution in [0.25, 0.3) is 11.1 Å². The summed E-state index contributed by atoms with van der Waals surface area (Å²) in [6, 6.07) is 3.80. The van der Waals surface area contributed by atoms with Crippen molar-refractivity contribution in [2.75, 3.05) is 0 Å². The quantitative estimate of drug-likeness (QED) is 0.680. The maximum atomic E-state index is 10.7. The summed E-state index contributed by atoms with van der Waals surface area (Å²) >= 11 is 1.53. The molecule has 2 rings (SSSR count). The number of hydrogen-bond donors (Lipinski definition) is 0. The van der Waals surface area contributed by atoms with E-state index in [-0.39, 0.29) is 0 Å². The van der Waals surface area contributed by atoms with E-state index in [1.165, 1.54) is 11.3 Å². The molecule has 0 aromatic carbocycles. The van der Waals surface area contributed by atoms with Gasteiger partial charge >= 0.3 is 0 Å². The summed E-state index contributed by atoms with van der Waals surface area (Å²) in [5.41, 5.74) is 2.77. The molecule has 0 amide bonds. The van der Waals surface area contributed by atoms with Gasteiger partial charge in [0.05, 0.1) is 0 Å². The molecular formula is C10H7NOS. The number of rotatable bonds is 2. The minimum absolute atomic E-state index is 0.746. The second-order valence-corrected chi connectivity index (χ2v) is 3.34. The normalized spacial score (nSPS) is 9.85. The molecule has 0 fully saturated rings. The summed E-state index contributed by atoms with van der Waals surface area (Å²) in [5, 5.41) is 3.82. The third-order valence-electron chi connectivity index (χ3n) is 1.81. The largest absolute Gasteiger partial charge is 0.298 e. The van der Waals surface area contributed by atoms with Crippen LogP contribution in [0.1, 0.15) is 10.4 Å². The number of aldehydes is 1. The molecule has 2 aromatic rings. The molecule has 64 valence electrons. The first kappa shape index (κ1) is 8.13. The highest BCUT2D eigenvalue weighted by molar-refractivity contribution is 7.08. The van der Waals surface area contributed by atoms with Crippen molar-refractivity contribution in [3.63, 3.8) is 0 Å². The third kappa shape index (κ3) is 1.51. The maximum absolute atomic E-state index is 10.7. The average molecular weight is 189 g/mol. The van der Waals surface area contributed by atoms with Crippen LogP contribution >= 0.6 is 11.3 Å². The van der Waals surface area contributed by atoms with Gasteiger partial charge in [-0.3, -0.25) is 9.78 Å². The predicted octanol–water partition coefficient (Wildman–Crippen LogP) is 2.62. The van der Waals surface area contributed by atoms with Crippen molar-refractivity contribution in [2.24, 2.45) is 0 Å². The van der Waals surface area contributed by atoms with E-state index in [9.17, 15) is 4.79 Å². The maximum Gasteiger partial charge on any atom is 0.151 e. The lowest BCUT2D eigenvalue weighted by molar-refractivity contribution is 0.112. The number of thiophene rings is 1. The number of aromatic nitrogens is 1. The van der Waals surface area contributed by atoms with Crippen LogP contribution in [0.4, 0.5) is 0 Å². The summed E-state index contributed by atoms with van der Waals surface area (Å²) in [5.74, 6) is 0. The van der Waals surface area contributed by atoms with Crippen molar-refractivity contribution in [3.05, 3.63) is 40.8 Å². The highest BCUT2D eigenvalue weighted by Gasteiger charge is 2.03. The summed E-state index contributed by atoms with van der Waals surface area (Å²) in [7, 11) is 0. The fourth-order valence-electron chi connectivity index (χ4n) is 1.16. The summed E-state index contributed by atoms with van der Waals surface area (Å²) in [6.07, 6.45) is 4.33. The van der Waals surface area contributed by atoms with Gasteiger partial charge in [-0.2, -0.15) is 11.3 Å². The lowest BCUT2D eigenvalue weighted by Crippen LogP contribution is -1.81. The Morgan fingerprint density at radius 1 is 1.23 bits per heavy atom. The zero-order chi connectivity index (χ0) is 9.10. The van der Waals surface area contributed by atoms with Crippen LogP contribution in [-0.4, -0.2) is 11.3 Å². The fourth-order valence-corrected chi connectivity index (χ4v) is 1.97. The molecule has 0 aliphatic rings. The average Bonchev–Trinajstić information content (AvgIpc) is 2.67. The molecule has 0 saturated carbocycles. The van der Waals surface area contributed by atoms with E-state index in [0.29, 0.717) is 0 Å². The molecule has 0 bridgehead atoms. The predicted molar refractivity (Wildman–Crippen MR) is 52.9 cm³/mol. The molecule has 2 aromatic heterocycles. The summed E-state index contributed by atoms with van der Waals surface area (Å²) in [6.45, 7) is 0. The van der Waals surface area contributed by atoms with E-state index in [1.807, 2.05) is 22.9 Å². The lowest BCUT2D eigenvalue weighted by Gasteiger charge is -1.96. The molecule has 3 heteroatoms.